The fraction of sp³-hybridized carbons (Fsp3) is 0.467. The van der Waals surface area contributed by atoms with Gasteiger partial charge in [-0.1, -0.05) is 0 Å². The van der Waals surface area contributed by atoms with Crippen molar-refractivity contribution in [3.05, 3.63) is 29.3 Å². The van der Waals surface area contributed by atoms with Crippen LogP contribution in [0.15, 0.2) is 18.2 Å². The van der Waals surface area contributed by atoms with Gasteiger partial charge in [0.2, 0.25) is 5.91 Å². The lowest BCUT2D eigenvalue weighted by Crippen LogP contribution is -2.40. The molecular formula is C15H19NO4. The zero-order valence-corrected chi connectivity index (χ0v) is 11.7. The molecule has 1 heterocycles. The Morgan fingerprint density at radius 2 is 2.15 bits per heavy atom. The SMILES string of the molecule is Cc1cc(NC(=O)C2(C)CCCOC2)ccc1C(=O)O. The maximum absolute atomic E-state index is 12.3. The number of carbonyl (C=O) groups is 2. The lowest BCUT2D eigenvalue weighted by Gasteiger charge is -2.31. The molecule has 1 unspecified atom stereocenters. The van der Waals surface area contributed by atoms with Gasteiger partial charge >= 0.3 is 5.97 Å². The van der Waals surface area contributed by atoms with Gasteiger partial charge in [-0.3, -0.25) is 4.79 Å². The number of carboxylic acid groups (broad SMARTS) is 1. The minimum absolute atomic E-state index is 0.0836. The molecule has 1 aliphatic rings. The van der Waals surface area contributed by atoms with Crippen LogP contribution in [0.5, 0.6) is 0 Å². The minimum atomic E-state index is -0.965. The first-order chi connectivity index (χ1) is 9.42. The van der Waals surface area contributed by atoms with E-state index < -0.39 is 11.4 Å². The number of nitrogens with one attached hydrogen (secondary N) is 1. The third-order valence-electron chi connectivity index (χ3n) is 3.70. The largest absolute Gasteiger partial charge is 0.478 e. The lowest BCUT2D eigenvalue weighted by atomic mass is 9.84. The number of ether oxygens (including phenoxy) is 1. The second kappa shape index (κ2) is 5.63. The van der Waals surface area contributed by atoms with Crippen LogP contribution in [-0.4, -0.2) is 30.2 Å². The summed E-state index contributed by atoms with van der Waals surface area (Å²) in [6.45, 7) is 4.73. The molecule has 0 bridgehead atoms. The summed E-state index contributed by atoms with van der Waals surface area (Å²) in [7, 11) is 0. The van der Waals surface area contributed by atoms with E-state index in [9.17, 15) is 9.59 Å². The first-order valence-corrected chi connectivity index (χ1v) is 6.65. The van der Waals surface area contributed by atoms with Crippen LogP contribution in [0.3, 0.4) is 0 Å². The predicted octanol–water partition coefficient (Wildman–Crippen LogP) is 2.45. The number of aromatic carboxylic acids is 1. The van der Waals surface area contributed by atoms with Crippen LogP contribution in [-0.2, 0) is 9.53 Å². The Balaban J connectivity index is 2.12. The first kappa shape index (κ1) is 14.5. The minimum Gasteiger partial charge on any atom is -0.478 e. The second-order valence-electron chi connectivity index (χ2n) is 5.51. The van der Waals surface area contributed by atoms with Gasteiger partial charge in [-0.2, -0.15) is 0 Å². The summed E-state index contributed by atoms with van der Waals surface area (Å²) in [6.07, 6.45) is 1.67. The summed E-state index contributed by atoms with van der Waals surface area (Å²) >= 11 is 0. The highest BCUT2D eigenvalue weighted by atomic mass is 16.5. The number of hydrogen-bond acceptors (Lipinski definition) is 3. The first-order valence-electron chi connectivity index (χ1n) is 6.65. The highest BCUT2D eigenvalue weighted by molar-refractivity contribution is 5.96. The predicted molar refractivity (Wildman–Crippen MR) is 74.9 cm³/mol. The van der Waals surface area contributed by atoms with Crippen molar-refractivity contribution in [2.75, 3.05) is 18.5 Å². The molecule has 1 atom stereocenters. The van der Waals surface area contributed by atoms with E-state index in [-0.39, 0.29) is 11.5 Å². The molecule has 2 rings (SSSR count). The van der Waals surface area contributed by atoms with Gasteiger partial charge in [-0.15, -0.1) is 0 Å². The standard InChI is InChI=1S/C15H19NO4/c1-10-8-11(4-5-12(10)13(17)18)16-14(19)15(2)6-3-7-20-9-15/h4-5,8H,3,6-7,9H2,1-2H3,(H,16,19)(H,17,18). The fourth-order valence-electron chi connectivity index (χ4n) is 2.38. The molecule has 0 radical (unpaired) electrons. The van der Waals surface area contributed by atoms with Crippen molar-refractivity contribution in [1.82, 2.24) is 0 Å². The zero-order valence-electron chi connectivity index (χ0n) is 11.7. The van der Waals surface area contributed by atoms with Crippen LogP contribution in [0.2, 0.25) is 0 Å². The van der Waals surface area contributed by atoms with Gasteiger partial charge in [-0.05, 0) is 50.5 Å². The van der Waals surface area contributed by atoms with Gasteiger partial charge in [0, 0.05) is 12.3 Å². The highest BCUT2D eigenvalue weighted by Crippen LogP contribution is 2.29. The quantitative estimate of drug-likeness (QED) is 0.889. The Kier molecular flexibility index (Phi) is 4.09. The van der Waals surface area contributed by atoms with Crippen LogP contribution < -0.4 is 5.32 Å². The molecule has 5 nitrogen and oxygen atoms in total. The van der Waals surface area contributed by atoms with Gasteiger partial charge in [0.25, 0.3) is 0 Å². The van der Waals surface area contributed by atoms with E-state index in [1.807, 2.05) is 6.92 Å². The lowest BCUT2D eigenvalue weighted by molar-refractivity contribution is -0.131. The Bertz CT molecular complexity index is 533. The third-order valence-corrected chi connectivity index (χ3v) is 3.70. The Labute approximate surface area is 117 Å². The molecule has 1 saturated heterocycles. The van der Waals surface area contributed by atoms with Gasteiger partial charge in [0.1, 0.15) is 0 Å². The molecule has 0 aliphatic carbocycles. The fourth-order valence-corrected chi connectivity index (χ4v) is 2.38. The molecule has 108 valence electrons. The van der Waals surface area contributed by atoms with Gasteiger partial charge in [0.05, 0.1) is 17.6 Å². The van der Waals surface area contributed by atoms with Crippen molar-refractivity contribution < 1.29 is 19.4 Å². The molecule has 0 aromatic heterocycles. The maximum Gasteiger partial charge on any atom is 0.335 e. The van der Waals surface area contributed by atoms with E-state index in [4.69, 9.17) is 9.84 Å². The molecule has 0 spiro atoms. The molecule has 20 heavy (non-hydrogen) atoms. The van der Waals surface area contributed by atoms with E-state index in [2.05, 4.69) is 5.32 Å². The number of carbonyl (C=O) groups excluding carboxylic acids is 1. The van der Waals surface area contributed by atoms with Crippen molar-refractivity contribution >= 4 is 17.6 Å². The van der Waals surface area contributed by atoms with Gasteiger partial charge in [0.15, 0.2) is 0 Å². The van der Waals surface area contributed by atoms with Crippen LogP contribution in [0.4, 0.5) is 5.69 Å². The molecule has 1 aromatic carbocycles. The van der Waals surface area contributed by atoms with Crippen molar-refractivity contribution in [3.8, 4) is 0 Å². The Hall–Kier alpha value is -1.88. The average molecular weight is 277 g/mol. The van der Waals surface area contributed by atoms with Gasteiger partial charge in [-0.25, -0.2) is 4.79 Å². The van der Waals surface area contributed by atoms with E-state index in [0.717, 1.165) is 12.8 Å². The van der Waals surface area contributed by atoms with E-state index in [0.29, 0.717) is 24.5 Å². The molecule has 0 saturated carbocycles. The average Bonchev–Trinajstić information content (AvgIpc) is 2.39. The second-order valence-corrected chi connectivity index (χ2v) is 5.51. The smallest absolute Gasteiger partial charge is 0.335 e. The Morgan fingerprint density at radius 1 is 1.40 bits per heavy atom. The summed E-state index contributed by atoms with van der Waals surface area (Å²) in [6, 6.07) is 4.79. The number of benzene rings is 1. The zero-order chi connectivity index (χ0) is 14.8. The van der Waals surface area contributed by atoms with Crippen LogP contribution >= 0.6 is 0 Å². The van der Waals surface area contributed by atoms with E-state index in [1.165, 1.54) is 6.07 Å². The van der Waals surface area contributed by atoms with E-state index >= 15 is 0 Å². The molecule has 5 heteroatoms. The number of amides is 1. The third kappa shape index (κ3) is 2.99. The highest BCUT2D eigenvalue weighted by Gasteiger charge is 2.35. The number of aryl methyl sites for hydroxylation is 1. The molecule has 1 amide bonds. The van der Waals surface area contributed by atoms with Crippen LogP contribution in [0.1, 0.15) is 35.7 Å². The normalized spacial score (nSPS) is 22.3. The van der Waals surface area contributed by atoms with E-state index in [1.54, 1.807) is 19.1 Å². The van der Waals surface area contributed by atoms with Crippen LogP contribution in [0, 0.1) is 12.3 Å². The summed E-state index contributed by atoms with van der Waals surface area (Å²) in [5.41, 5.74) is 0.970. The number of hydrogen-bond donors (Lipinski definition) is 2. The van der Waals surface area contributed by atoms with Crippen molar-refractivity contribution in [2.24, 2.45) is 5.41 Å². The van der Waals surface area contributed by atoms with Crippen molar-refractivity contribution in [1.29, 1.82) is 0 Å². The number of carboxylic acids is 1. The number of anilines is 1. The summed E-state index contributed by atoms with van der Waals surface area (Å²) < 4.78 is 5.38. The summed E-state index contributed by atoms with van der Waals surface area (Å²) in [5, 5.41) is 11.8. The monoisotopic (exact) mass is 277 g/mol. The van der Waals surface area contributed by atoms with Gasteiger partial charge < -0.3 is 15.2 Å². The summed E-state index contributed by atoms with van der Waals surface area (Å²) in [5.74, 6) is -1.05. The molecule has 1 fully saturated rings. The van der Waals surface area contributed by atoms with Crippen molar-refractivity contribution in [2.45, 2.75) is 26.7 Å². The summed E-state index contributed by atoms with van der Waals surface area (Å²) in [4.78, 5) is 23.3. The molecule has 1 aromatic rings. The van der Waals surface area contributed by atoms with Crippen molar-refractivity contribution in [3.63, 3.8) is 0 Å². The molecule has 2 N–H and O–H groups in total. The topological polar surface area (TPSA) is 75.6 Å². The Morgan fingerprint density at radius 3 is 2.70 bits per heavy atom. The maximum atomic E-state index is 12.3. The molecule has 1 aliphatic heterocycles. The number of rotatable bonds is 3. The van der Waals surface area contributed by atoms with Crippen LogP contribution in [0.25, 0.3) is 0 Å². The molecular weight excluding hydrogens is 258 g/mol.